The van der Waals surface area contributed by atoms with Gasteiger partial charge in [0.25, 0.3) is 0 Å². The van der Waals surface area contributed by atoms with Gasteiger partial charge in [0.1, 0.15) is 0 Å². The van der Waals surface area contributed by atoms with Gasteiger partial charge in [-0.05, 0) is 18.6 Å². The second-order valence-corrected chi connectivity index (χ2v) is 4.48. The van der Waals surface area contributed by atoms with E-state index in [1.807, 2.05) is 38.1 Å². The number of methoxy groups -OCH3 is 1. The maximum atomic E-state index is 11.2. The minimum Gasteiger partial charge on any atom is -0.469 e. The third-order valence-corrected chi connectivity index (χ3v) is 3.05. The first-order valence-electron chi connectivity index (χ1n) is 5.62. The predicted octanol–water partition coefficient (Wildman–Crippen LogP) is 2.80. The quantitative estimate of drug-likeness (QED) is 0.823. The van der Waals surface area contributed by atoms with Crippen molar-refractivity contribution in [1.29, 1.82) is 0 Å². The van der Waals surface area contributed by atoms with Crippen LogP contribution in [-0.4, -0.2) is 19.6 Å². The number of hydrogen-bond donors (Lipinski definition) is 1. The third kappa shape index (κ3) is 4.02. The minimum atomic E-state index is -0.205. The molecule has 0 aliphatic heterocycles. The van der Waals surface area contributed by atoms with Crippen molar-refractivity contribution in [3.05, 3.63) is 34.9 Å². The zero-order valence-corrected chi connectivity index (χ0v) is 11.1. The van der Waals surface area contributed by atoms with Gasteiger partial charge < -0.3 is 10.1 Å². The molecule has 4 heteroatoms. The van der Waals surface area contributed by atoms with Crippen molar-refractivity contribution in [2.45, 2.75) is 19.9 Å². The lowest BCUT2D eigenvalue weighted by Gasteiger charge is -2.17. The van der Waals surface area contributed by atoms with E-state index in [0.29, 0.717) is 6.54 Å². The summed E-state index contributed by atoms with van der Waals surface area (Å²) in [6, 6.07) is 7.79. The first-order valence-corrected chi connectivity index (χ1v) is 5.99. The fourth-order valence-corrected chi connectivity index (χ4v) is 1.87. The molecule has 1 rings (SSSR count). The summed E-state index contributed by atoms with van der Waals surface area (Å²) in [6.07, 6.45) is 0. The Morgan fingerprint density at radius 3 is 2.65 bits per heavy atom. The zero-order valence-electron chi connectivity index (χ0n) is 10.4. The van der Waals surface area contributed by atoms with Crippen LogP contribution in [0.5, 0.6) is 0 Å². The lowest BCUT2D eigenvalue weighted by molar-refractivity contribution is -0.144. The highest BCUT2D eigenvalue weighted by atomic mass is 35.5. The van der Waals surface area contributed by atoms with Gasteiger partial charge in [-0.2, -0.15) is 0 Å². The Morgan fingerprint density at radius 2 is 2.06 bits per heavy atom. The average Bonchev–Trinajstić information content (AvgIpc) is 2.35. The molecular formula is C13H18ClNO2. The molecular weight excluding hydrogens is 238 g/mol. The van der Waals surface area contributed by atoms with Gasteiger partial charge in [-0.3, -0.25) is 4.79 Å². The summed E-state index contributed by atoms with van der Waals surface area (Å²) in [5, 5.41) is 4.00. The Hall–Kier alpha value is -1.06. The molecule has 17 heavy (non-hydrogen) atoms. The highest BCUT2D eigenvalue weighted by molar-refractivity contribution is 6.31. The number of halogens is 1. The normalized spacial score (nSPS) is 14.1. The van der Waals surface area contributed by atoms with E-state index in [1.165, 1.54) is 7.11 Å². The van der Waals surface area contributed by atoms with Crippen LogP contribution >= 0.6 is 11.6 Å². The summed E-state index contributed by atoms with van der Waals surface area (Å²) in [7, 11) is 1.40. The van der Waals surface area contributed by atoms with Crippen molar-refractivity contribution in [2.24, 2.45) is 5.92 Å². The molecule has 0 saturated heterocycles. The number of benzene rings is 1. The Morgan fingerprint density at radius 1 is 1.41 bits per heavy atom. The zero-order chi connectivity index (χ0) is 12.8. The van der Waals surface area contributed by atoms with Gasteiger partial charge in [0.2, 0.25) is 0 Å². The van der Waals surface area contributed by atoms with E-state index >= 15 is 0 Å². The second kappa shape index (κ2) is 6.62. The van der Waals surface area contributed by atoms with Gasteiger partial charge in [0.05, 0.1) is 13.0 Å². The lowest BCUT2D eigenvalue weighted by atomic mass is 10.1. The molecule has 0 aliphatic rings. The molecule has 94 valence electrons. The van der Waals surface area contributed by atoms with E-state index in [4.69, 9.17) is 11.6 Å². The van der Waals surface area contributed by atoms with Crippen LogP contribution in [-0.2, 0) is 9.53 Å². The van der Waals surface area contributed by atoms with Crippen LogP contribution in [0.4, 0.5) is 0 Å². The van der Waals surface area contributed by atoms with E-state index in [9.17, 15) is 4.79 Å². The molecule has 0 radical (unpaired) electrons. The van der Waals surface area contributed by atoms with Crippen molar-refractivity contribution in [3.8, 4) is 0 Å². The first-order chi connectivity index (χ1) is 8.06. The minimum absolute atomic E-state index is 0.107. The molecule has 1 N–H and O–H groups in total. The largest absolute Gasteiger partial charge is 0.469 e. The molecule has 0 amide bonds. The SMILES string of the molecule is COC(=O)C(C)CN[C@H](C)c1ccccc1Cl. The maximum Gasteiger partial charge on any atom is 0.309 e. The summed E-state index contributed by atoms with van der Waals surface area (Å²) in [4.78, 5) is 11.2. The molecule has 1 aromatic rings. The van der Waals surface area contributed by atoms with Crippen LogP contribution in [0.15, 0.2) is 24.3 Å². The summed E-state index contributed by atoms with van der Waals surface area (Å²) in [5.41, 5.74) is 1.03. The van der Waals surface area contributed by atoms with Crippen LogP contribution in [0.1, 0.15) is 25.5 Å². The number of carbonyl (C=O) groups excluding carboxylic acids is 1. The first kappa shape index (κ1) is 14.0. The van der Waals surface area contributed by atoms with E-state index in [0.717, 1.165) is 10.6 Å². The highest BCUT2D eigenvalue weighted by Gasteiger charge is 2.15. The number of ether oxygens (including phenoxy) is 1. The topological polar surface area (TPSA) is 38.3 Å². The fourth-order valence-electron chi connectivity index (χ4n) is 1.57. The third-order valence-electron chi connectivity index (χ3n) is 2.71. The summed E-state index contributed by atoms with van der Waals surface area (Å²) < 4.78 is 4.67. The van der Waals surface area contributed by atoms with Gasteiger partial charge in [0.15, 0.2) is 0 Å². The number of esters is 1. The van der Waals surface area contributed by atoms with Crippen LogP contribution in [0.2, 0.25) is 5.02 Å². The molecule has 3 nitrogen and oxygen atoms in total. The highest BCUT2D eigenvalue weighted by Crippen LogP contribution is 2.22. The van der Waals surface area contributed by atoms with Crippen molar-refractivity contribution in [3.63, 3.8) is 0 Å². The van der Waals surface area contributed by atoms with E-state index in [-0.39, 0.29) is 17.9 Å². The molecule has 0 saturated carbocycles. The number of hydrogen-bond acceptors (Lipinski definition) is 3. The molecule has 2 atom stereocenters. The summed E-state index contributed by atoms with van der Waals surface area (Å²) in [6.45, 7) is 4.42. The van der Waals surface area contributed by atoms with Crippen molar-refractivity contribution in [1.82, 2.24) is 5.32 Å². The van der Waals surface area contributed by atoms with Crippen LogP contribution in [0, 0.1) is 5.92 Å². The summed E-state index contributed by atoms with van der Waals surface area (Å²) >= 11 is 6.09. The van der Waals surface area contributed by atoms with Crippen molar-refractivity contribution >= 4 is 17.6 Å². The number of nitrogens with one attached hydrogen (secondary N) is 1. The fraction of sp³-hybridized carbons (Fsp3) is 0.462. The molecule has 1 aromatic carbocycles. The Bertz CT molecular complexity index is 381. The van der Waals surface area contributed by atoms with Crippen LogP contribution < -0.4 is 5.32 Å². The number of carbonyl (C=O) groups is 1. The summed E-state index contributed by atoms with van der Waals surface area (Å²) in [5.74, 6) is -0.367. The predicted molar refractivity (Wildman–Crippen MR) is 69.0 cm³/mol. The molecule has 0 fully saturated rings. The maximum absolute atomic E-state index is 11.2. The van der Waals surface area contributed by atoms with Gasteiger partial charge in [0, 0.05) is 17.6 Å². The monoisotopic (exact) mass is 255 g/mol. The molecule has 0 bridgehead atoms. The molecule has 1 unspecified atom stereocenters. The van der Waals surface area contributed by atoms with Crippen LogP contribution in [0.25, 0.3) is 0 Å². The van der Waals surface area contributed by atoms with E-state index < -0.39 is 0 Å². The van der Waals surface area contributed by atoms with E-state index in [2.05, 4.69) is 10.1 Å². The van der Waals surface area contributed by atoms with Gasteiger partial charge in [-0.25, -0.2) is 0 Å². The van der Waals surface area contributed by atoms with Gasteiger partial charge in [-0.1, -0.05) is 36.7 Å². The molecule has 0 heterocycles. The molecule has 0 aromatic heterocycles. The Balaban J connectivity index is 2.53. The number of rotatable bonds is 5. The molecule has 0 spiro atoms. The van der Waals surface area contributed by atoms with Crippen LogP contribution in [0.3, 0.4) is 0 Å². The van der Waals surface area contributed by atoms with Crippen molar-refractivity contribution in [2.75, 3.05) is 13.7 Å². The lowest BCUT2D eigenvalue weighted by Crippen LogP contribution is -2.29. The van der Waals surface area contributed by atoms with Crippen molar-refractivity contribution < 1.29 is 9.53 Å². The standard InChI is InChI=1S/C13H18ClNO2/c1-9(13(16)17-3)8-15-10(2)11-6-4-5-7-12(11)14/h4-7,9-10,15H,8H2,1-3H3/t9?,10-/m1/s1. The average molecular weight is 256 g/mol. The second-order valence-electron chi connectivity index (χ2n) is 4.08. The van der Waals surface area contributed by atoms with Gasteiger partial charge >= 0.3 is 5.97 Å². The smallest absolute Gasteiger partial charge is 0.309 e. The Kier molecular flexibility index (Phi) is 5.45. The van der Waals surface area contributed by atoms with Gasteiger partial charge in [-0.15, -0.1) is 0 Å². The Labute approximate surface area is 107 Å². The van der Waals surface area contributed by atoms with E-state index in [1.54, 1.807) is 0 Å². The molecule has 0 aliphatic carbocycles.